The van der Waals surface area contributed by atoms with E-state index in [0.717, 1.165) is 25.1 Å². The molecular formula is C21H24FN5O. The summed E-state index contributed by atoms with van der Waals surface area (Å²) in [5.41, 5.74) is 1.43. The lowest BCUT2D eigenvalue weighted by atomic mass is 10.2. The molecule has 28 heavy (non-hydrogen) atoms. The average Bonchev–Trinajstić information content (AvgIpc) is 2.98. The van der Waals surface area contributed by atoms with Crippen LogP contribution in [-0.2, 0) is 11.3 Å². The van der Waals surface area contributed by atoms with Crippen molar-refractivity contribution in [3.05, 3.63) is 59.5 Å². The molecule has 2 aromatic rings. The molecule has 6 nitrogen and oxygen atoms in total. The Bertz CT molecular complexity index is 849. The number of amides is 1. The van der Waals surface area contributed by atoms with Gasteiger partial charge in [0, 0.05) is 38.9 Å². The number of hydrogen-bond acceptors (Lipinski definition) is 5. The van der Waals surface area contributed by atoms with Gasteiger partial charge in [-0.15, -0.1) is 0 Å². The van der Waals surface area contributed by atoms with E-state index in [0.29, 0.717) is 31.0 Å². The molecule has 1 aromatic carbocycles. The number of pyridine rings is 1. The van der Waals surface area contributed by atoms with Crippen LogP contribution < -0.4 is 10.2 Å². The number of aromatic nitrogens is 1. The first-order chi connectivity index (χ1) is 13.6. The lowest BCUT2D eigenvalue weighted by molar-refractivity contribution is -0.126. The molecule has 1 aliphatic rings. The maximum atomic E-state index is 13.0. The summed E-state index contributed by atoms with van der Waals surface area (Å²) in [6.07, 6.45) is 2.58. The van der Waals surface area contributed by atoms with Crippen LogP contribution in [0.3, 0.4) is 0 Å². The van der Waals surface area contributed by atoms with Crippen LogP contribution in [0.4, 0.5) is 10.2 Å². The summed E-state index contributed by atoms with van der Waals surface area (Å²) in [7, 11) is 0. The van der Waals surface area contributed by atoms with Gasteiger partial charge in [-0.05, 0) is 43.2 Å². The van der Waals surface area contributed by atoms with Gasteiger partial charge in [-0.25, -0.2) is 9.37 Å². The van der Waals surface area contributed by atoms with Crippen LogP contribution in [0.5, 0.6) is 0 Å². The molecule has 0 saturated carbocycles. The molecular weight excluding hydrogens is 357 g/mol. The van der Waals surface area contributed by atoms with E-state index in [1.165, 1.54) is 12.1 Å². The van der Waals surface area contributed by atoms with Crippen LogP contribution in [-0.4, -0.2) is 48.0 Å². The molecule has 0 radical (unpaired) electrons. The molecule has 1 amide bonds. The standard InChI is InChI=1S/C21H24FN5O/c1-16(21(28)25-15-17-5-7-19(22)8-6-17)26-10-3-11-27(13-12-26)20-18(14-23)4-2-9-24-20/h2,4-9,16H,3,10-13,15H2,1H3,(H,25,28). The molecule has 3 rings (SSSR count). The third-order valence-electron chi connectivity index (χ3n) is 5.04. The summed E-state index contributed by atoms with van der Waals surface area (Å²) in [4.78, 5) is 21.2. The lowest BCUT2D eigenvalue weighted by Gasteiger charge is -2.27. The van der Waals surface area contributed by atoms with Crippen molar-refractivity contribution in [3.63, 3.8) is 0 Å². The fourth-order valence-electron chi connectivity index (χ4n) is 3.38. The number of benzene rings is 1. The van der Waals surface area contributed by atoms with Gasteiger partial charge in [0.1, 0.15) is 17.7 Å². The molecule has 1 atom stereocenters. The van der Waals surface area contributed by atoms with Gasteiger partial charge in [-0.3, -0.25) is 9.69 Å². The minimum absolute atomic E-state index is 0.0478. The van der Waals surface area contributed by atoms with E-state index in [1.807, 2.05) is 6.92 Å². The number of anilines is 1. The first kappa shape index (κ1) is 19.8. The van der Waals surface area contributed by atoms with Crippen molar-refractivity contribution in [2.75, 3.05) is 31.1 Å². The van der Waals surface area contributed by atoms with E-state index in [9.17, 15) is 14.4 Å². The van der Waals surface area contributed by atoms with E-state index < -0.39 is 0 Å². The molecule has 1 aromatic heterocycles. The number of rotatable bonds is 5. The first-order valence-corrected chi connectivity index (χ1v) is 9.45. The van der Waals surface area contributed by atoms with Gasteiger partial charge in [-0.2, -0.15) is 5.26 Å². The number of nitrogens with one attached hydrogen (secondary N) is 1. The Kier molecular flexibility index (Phi) is 6.56. The highest BCUT2D eigenvalue weighted by Crippen LogP contribution is 2.19. The monoisotopic (exact) mass is 381 g/mol. The maximum Gasteiger partial charge on any atom is 0.237 e. The third kappa shape index (κ3) is 4.84. The molecule has 1 unspecified atom stereocenters. The topological polar surface area (TPSA) is 72.3 Å². The zero-order valence-electron chi connectivity index (χ0n) is 15.9. The predicted molar refractivity (Wildman–Crippen MR) is 105 cm³/mol. The van der Waals surface area contributed by atoms with E-state index in [-0.39, 0.29) is 17.8 Å². The minimum atomic E-state index is -0.287. The number of carbonyl (C=O) groups is 1. The first-order valence-electron chi connectivity index (χ1n) is 9.45. The van der Waals surface area contributed by atoms with Gasteiger partial charge in [0.05, 0.1) is 11.6 Å². The fraction of sp³-hybridized carbons (Fsp3) is 0.381. The zero-order valence-corrected chi connectivity index (χ0v) is 15.9. The van der Waals surface area contributed by atoms with Gasteiger partial charge < -0.3 is 10.2 Å². The van der Waals surface area contributed by atoms with Crippen molar-refractivity contribution in [1.82, 2.24) is 15.2 Å². The molecule has 7 heteroatoms. The van der Waals surface area contributed by atoms with Crippen molar-refractivity contribution in [1.29, 1.82) is 5.26 Å². The Morgan fingerprint density at radius 3 is 2.79 bits per heavy atom. The fourth-order valence-corrected chi connectivity index (χ4v) is 3.38. The van der Waals surface area contributed by atoms with Gasteiger partial charge in [0.2, 0.25) is 5.91 Å². The van der Waals surface area contributed by atoms with Crippen molar-refractivity contribution in [3.8, 4) is 6.07 Å². The smallest absolute Gasteiger partial charge is 0.237 e. The van der Waals surface area contributed by atoms with Gasteiger partial charge in [0.15, 0.2) is 0 Å². The number of hydrogen-bond donors (Lipinski definition) is 1. The summed E-state index contributed by atoms with van der Waals surface area (Å²) in [6, 6.07) is 11.6. The van der Waals surface area contributed by atoms with Crippen molar-refractivity contribution >= 4 is 11.7 Å². The molecule has 146 valence electrons. The van der Waals surface area contributed by atoms with Crippen LogP contribution in [0.2, 0.25) is 0 Å². The highest BCUT2D eigenvalue weighted by atomic mass is 19.1. The van der Waals surface area contributed by atoms with Crippen LogP contribution in [0, 0.1) is 17.1 Å². The van der Waals surface area contributed by atoms with Crippen LogP contribution >= 0.6 is 0 Å². The van der Waals surface area contributed by atoms with Gasteiger partial charge in [0.25, 0.3) is 0 Å². The Hall–Kier alpha value is -2.98. The van der Waals surface area contributed by atoms with Crippen LogP contribution in [0.15, 0.2) is 42.6 Å². The molecule has 1 fully saturated rings. The number of carbonyl (C=O) groups excluding carboxylic acids is 1. The largest absolute Gasteiger partial charge is 0.354 e. The van der Waals surface area contributed by atoms with Gasteiger partial charge >= 0.3 is 0 Å². The highest BCUT2D eigenvalue weighted by Gasteiger charge is 2.25. The number of nitrogens with zero attached hydrogens (tertiary/aromatic N) is 4. The average molecular weight is 381 g/mol. The summed E-state index contributed by atoms with van der Waals surface area (Å²) in [6.45, 7) is 5.30. The minimum Gasteiger partial charge on any atom is -0.354 e. The summed E-state index contributed by atoms with van der Waals surface area (Å²) < 4.78 is 13.0. The highest BCUT2D eigenvalue weighted by molar-refractivity contribution is 5.81. The zero-order chi connectivity index (χ0) is 19.9. The molecule has 0 aliphatic carbocycles. The molecule has 1 saturated heterocycles. The van der Waals surface area contributed by atoms with E-state index in [4.69, 9.17) is 0 Å². The SMILES string of the molecule is CC(C(=O)NCc1ccc(F)cc1)N1CCCN(c2ncccc2C#N)CC1. The van der Waals surface area contributed by atoms with Crippen molar-refractivity contribution < 1.29 is 9.18 Å². The molecule has 0 bridgehead atoms. The van der Waals surface area contributed by atoms with Crippen molar-refractivity contribution in [2.45, 2.75) is 25.9 Å². The van der Waals surface area contributed by atoms with E-state index in [2.05, 4.69) is 26.2 Å². The Morgan fingerprint density at radius 2 is 2.04 bits per heavy atom. The number of halogens is 1. The Labute approximate surface area is 164 Å². The second-order valence-corrected chi connectivity index (χ2v) is 6.88. The van der Waals surface area contributed by atoms with E-state index >= 15 is 0 Å². The van der Waals surface area contributed by atoms with E-state index in [1.54, 1.807) is 30.5 Å². The number of nitriles is 1. The third-order valence-corrected chi connectivity index (χ3v) is 5.04. The Balaban J connectivity index is 1.56. The molecule has 2 heterocycles. The lowest BCUT2D eigenvalue weighted by Crippen LogP contribution is -2.46. The van der Waals surface area contributed by atoms with Crippen LogP contribution in [0.25, 0.3) is 0 Å². The van der Waals surface area contributed by atoms with Crippen molar-refractivity contribution in [2.24, 2.45) is 0 Å². The molecule has 0 spiro atoms. The second kappa shape index (κ2) is 9.29. The summed E-state index contributed by atoms with van der Waals surface area (Å²) in [5, 5.41) is 12.2. The van der Waals surface area contributed by atoms with Crippen LogP contribution in [0.1, 0.15) is 24.5 Å². The maximum absolute atomic E-state index is 13.0. The normalized spacial score (nSPS) is 16.1. The Morgan fingerprint density at radius 1 is 1.25 bits per heavy atom. The predicted octanol–water partition coefficient (Wildman–Crippen LogP) is 2.31. The molecule has 1 N–H and O–H groups in total. The summed E-state index contributed by atoms with van der Waals surface area (Å²) in [5.74, 6) is 0.374. The quantitative estimate of drug-likeness (QED) is 0.861. The second-order valence-electron chi connectivity index (χ2n) is 6.88. The summed E-state index contributed by atoms with van der Waals surface area (Å²) >= 11 is 0. The molecule has 1 aliphatic heterocycles. The van der Waals surface area contributed by atoms with Gasteiger partial charge in [-0.1, -0.05) is 12.1 Å².